The first-order valence-corrected chi connectivity index (χ1v) is 6.70. The molecule has 1 saturated heterocycles. The summed E-state index contributed by atoms with van der Waals surface area (Å²) in [5.41, 5.74) is 0. The topological polar surface area (TPSA) is 43.8 Å². The van der Waals surface area contributed by atoms with Crippen molar-refractivity contribution in [1.29, 1.82) is 0 Å². The zero-order valence-electron chi connectivity index (χ0n) is 11.4. The van der Waals surface area contributed by atoms with Gasteiger partial charge in [-0.15, -0.1) is 0 Å². The molecule has 0 spiro atoms. The molecular formula is C13H26N2O2. The predicted octanol–water partition coefficient (Wildman–Crippen LogP) is 1.51. The van der Waals surface area contributed by atoms with E-state index in [9.17, 15) is 9.90 Å². The van der Waals surface area contributed by atoms with E-state index in [1.165, 1.54) is 19.3 Å². The highest BCUT2D eigenvalue weighted by Gasteiger charge is 2.28. The van der Waals surface area contributed by atoms with Gasteiger partial charge in [-0.25, -0.2) is 0 Å². The van der Waals surface area contributed by atoms with E-state index in [0.717, 1.165) is 13.1 Å². The molecule has 0 aromatic heterocycles. The molecule has 0 aliphatic carbocycles. The minimum atomic E-state index is -0.661. The average Bonchev–Trinajstić information content (AvgIpc) is 2.40. The number of carboxylic acids is 1. The highest BCUT2D eigenvalue weighted by Crippen LogP contribution is 2.14. The van der Waals surface area contributed by atoms with Gasteiger partial charge >= 0.3 is 5.97 Å². The molecule has 1 aliphatic rings. The number of carboxylic acid groups (broad SMARTS) is 1. The third-order valence-corrected chi connectivity index (χ3v) is 3.69. The lowest BCUT2D eigenvalue weighted by Crippen LogP contribution is -2.36. The summed E-state index contributed by atoms with van der Waals surface area (Å²) in [6.07, 6.45) is 3.63. The Morgan fingerprint density at radius 1 is 1.29 bits per heavy atom. The Balaban J connectivity index is 2.54. The maximum Gasteiger partial charge on any atom is 0.309 e. The third-order valence-electron chi connectivity index (χ3n) is 3.69. The molecular weight excluding hydrogens is 216 g/mol. The quantitative estimate of drug-likeness (QED) is 0.742. The number of hydrogen-bond acceptors (Lipinski definition) is 3. The fourth-order valence-electron chi connectivity index (χ4n) is 2.41. The SMILES string of the molecule is CCCCCN1CC(C(=O)O)CN(C)C(C)C1. The monoisotopic (exact) mass is 242 g/mol. The molecule has 1 aliphatic heterocycles. The van der Waals surface area contributed by atoms with Gasteiger partial charge in [-0.2, -0.15) is 0 Å². The van der Waals surface area contributed by atoms with Crippen LogP contribution in [0.1, 0.15) is 33.1 Å². The lowest BCUT2D eigenvalue weighted by atomic mass is 10.1. The van der Waals surface area contributed by atoms with E-state index in [2.05, 4.69) is 23.6 Å². The van der Waals surface area contributed by atoms with E-state index < -0.39 is 5.97 Å². The van der Waals surface area contributed by atoms with Gasteiger partial charge in [-0.05, 0) is 26.9 Å². The second-order valence-corrected chi connectivity index (χ2v) is 5.29. The molecule has 4 heteroatoms. The maximum absolute atomic E-state index is 11.2. The van der Waals surface area contributed by atoms with Gasteiger partial charge < -0.3 is 14.9 Å². The standard InChI is InChI=1S/C13H26N2O2/c1-4-5-6-7-15-8-11(2)14(3)9-12(10-15)13(16)17/h11-12H,4-10H2,1-3H3,(H,16,17). The van der Waals surface area contributed by atoms with Crippen molar-refractivity contribution >= 4 is 5.97 Å². The minimum Gasteiger partial charge on any atom is -0.481 e. The van der Waals surface area contributed by atoms with Crippen LogP contribution in [0.25, 0.3) is 0 Å². The zero-order valence-corrected chi connectivity index (χ0v) is 11.4. The molecule has 100 valence electrons. The first-order chi connectivity index (χ1) is 8.04. The van der Waals surface area contributed by atoms with Crippen LogP contribution in [-0.4, -0.2) is 60.1 Å². The van der Waals surface area contributed by atoms with Crippen LogP contribution in [0.15, 0.2) is 0 Å². The van der Waals surface area contributed by atoms with Gasteiger partial charge in [0.05, 0.1) is 5.92 Å². The van der Waals surface area contributed by atoms with Gasteiger partial charge in [0.1, 0.15) is 0 Å². The van der Waals surface area contributed by atoms with Gasteiger partial charge in [-0.3, -0.25) is 4.79 Å². The number of carbonyl (C=O) groups is 1. The molecule has 2 atom stereocenters. The Morgan fingerprint density at radius 3 is 2.59 bits per heavy atom. The fourth-order valence-corrected chi connectivity index (χ4v) is 2.41. The second kappa shape index (κ2) is 6.97. The van der Waals surface area contributed by atoms with E-state index >= 15 is 0 Å². The molecule has 0 saturated carbocycles. The Labute approximate surface area is 105 Å². The third kappa shape index (κ3) is 4.64. The van der Waals surface area contributed by atoms with Crippen molar-refractivity contribution in [3.05, 3.63) is 0 Å². The van der Waals surface area contributed by atoms with Gasteiger partial charge in [0.15, 0.2) is 0 Å². The number of hydrogen-bond donors (Lipinski definition) is 1. The molecule has 0 radical (unpaired) electrons. The van der Waals surface area contributed by atoms with Crippen LogP contribution in [0.5, 0.6) is 0 Å². The largest absolute Gasteiger partial charge is 0.481 e. The average molecular weight is 242 g/mol. The number of nitrogens with zero attached hydrogens (tertiary/aromatic N) is 2. The summed E-state index contributed by atoms with van der Waals surface area (Å²) in [6.45, 7) is 7.77. The van der Waals surface area contributed by atoms with Crippen LogP contribution in [0.2, 0.25) is 0 Å². The highest BCUT2D eigenvalue weighted by molar-refractivity contribution is 5.70. The summed E-state index contributed by atoms with van der Waals surface area (Å²) >= 11 is 0. The molecule has 1 heterocycles. The lowest BCUT2D eigenvalue weighted by molar-refractivity contribution is -0.142. The summed E-state index contributed by atoms with van der Waals surface area (Å²) in [5.74, 6) is -0.905. The van der Waals surface area contributed by atoms with Crippen LogP contribution >= 0.6 is 0 Å². The number of likely N-dealkylation sites (N-methyl/N-ethyl adjacent to an activating group) is 1. The summed E-state index contributed by atoms with van der Waals surface area (Å²) in [5, 5.41) is 9.20. The predicted molar refractivity (Wildman–Crippen MR) is 69.2 cm³/mol. The van der Waals surface area contributed by atoms with Gasteiger partial charge in [0.2, 0.25) is 0 Å². The second-order valence-electron chi connectivity index (χ2n) is 5.29. The molecule has 0 aromatic carbocycles. The molecule has 1 rings (SSSR count). The first kappa shape index (κ1) is 14.5. The van der Waals surface area contributed by atoms with Crippen molar-refractivity contribution in [3.8, 4) is 0 Å². The molecule has 1 N–H and O–H groups in total. The Bertz CT molecular complexity index is 246. The van der Waals surface area contributed by atoms with Crippen molar-refractivity contribution < 1.29 is 9.90 Å². The Hall–Kier alpha value is -0.610. The van der Waals surface area contributed by atoms with Crippen LogP contribution in [-0.2, 0) is 4.79 Å². The molecule has 4 nitrogen and oxygen atoms in total. The fraction of sp³-hybridized carbons (Fsp3) is 0.923. The summed E-state index contributed by atoms with van der Waals surface area (Å²) in [7, 11) is 2.02. The zero-order chi connectivity index (χ0) is 12.8. The first-order valence-electron chi connectivity index (χ1n) is 6.70. The molecule has 1 fully saturated rings. The molecule has 17 heavy (non-hydrogen) atoms. The molecule has 0 amide bonds. The summed E-state index contributed by atoms with van der Waals surface area (Å²) in [4.78, 5) is 15.7. The lowest BCUT2D eigenvalue weighted by Gasteiger charge is -2.25. The van der Waals surface area contributed by atoms with Crippen molar-refractivity contribution in [3.63, 3.8) is 0 Å². The van der Waals surface area contributed by atoms with Crippen LogP contribution in [0.4, 0.5) is 0 Å². The van der Waals surface area contributed by atoms with Crippen LogP contribution in [0, 0.1) is 5.92 Å². The van der Waals surface area contributed by atoms with E-state index in [1.54, 1.807) is 0 Å². The number of aliphatic carboxylic acids is 1. The highest BCUT2D eigenvalue weighted by atomic mass is 16.4. The molecule has 0 bridgehead atoms. The van der Waals surface area contributed by atoms with E-state index in [0.29, 0.717) is 19.1 Å². The van der Waals surface area contributed by atoms with Gasteiger partial charge in [0.25, 0.3) is 0 Å². The van der Waals surface area contributed by atoms with E-state index in [4.69, 9.17) is 0 Å². The maximum atomic E-state index is 11.2. The number of unbranched alkanes of at least 4 members (excludes halogenated alkanes) is 2. The minimum absolute atomic E-state index is 0.244. The van der Waals surface area contributed by atoms with Gasteiger partial charge in [0, 0.05) is 25.7 Å². The van der Waals surface area contributed by atoms with Gasteiger partial charge in [-0.1, -0.05) is 19.8 Å². The Morgan fingerprint density at radius 2 is 2.00 bits per heavy atom. The van der Waals surface area contributed by atoms with Crippen molar-refractivity contribution in [2.45, 2.75) is 39.2 Å². The smallest absolute Gasteiger partial charge is 0.309 e. The Kier molecular flexibility index (Phi) is 5.92. The van der Waals surface area contributed by atoms with Crippen LogP contribution in [0.3, 0.4) is 0 Å². The molecule has 0 aromatic rings. The summed E-state index contributed by atoms with van der Waals surface area (Å²) < 4.78 is 0. The molecule has 2 unspecified atom stereocenters. The van der Waals surface area contributed by atoms with Crippen molar-refractivity contribution in [2.24, 2.45) is 5.92 Å². The van der Waals surface area contributed by atoms with Crippen LogP contribution < -0.4 is 0 Å². The van der Waals surface area contributed by atoms with E-state index in [1.807, 2.05) is 7.05 Å². The van der Waals surface area contributed by atoms with E-state index in [-0.39, 0.29) is 5.92 Å². The number of rotatable bonds is 5. The van der Waals surface area contributed by atoms with Crippen molar-refractivity contribution in [2.75, 3.05) is 33.2 Å². The van der Waals surface area contributed by atoms with Crippen molar-refractivity contribution in [1.82, 2.24) is 9.80 Å². The normalized spacial score (nSPS) is 27.9. The summed E-state index contributed by atoms with van der Waals surface area (Å²) in [6, 6.07) is 0.445.